The van der Waals surface area contributed by atoms with E-state index in [9.17, 15) is 9.18 Å². The average Bonchev–Trinajstić information content (AvgIpc) is 2.58. The van der Waals surface area contributed by atoms with E-state index in [1.54, 1.807) is 0 Å². The third-order valence-electron chi connectivity index (χ3n) is 3.84. The van der Waals surface area contributed by atoms with Crippen molar-refractivity contribution in [3.8, 4) is 0 Å². The van der Waals surface area contributed by atoms with Gasteiger partial charge in [0.15, 0.2) is 5.82 Å². The number of amides is 1. The van der Waals surface area contributed by atoms with E-state index in [0.717, 1.165) is 6.20 Å². The fourth-order valence-electron chi connectivity index (χ4n) is 1.86. The van der Waals surface area contributed by atoms with Gasteiger partial charge in [-0.05, 0) is 33.8 Å². The molecule has 2 rings (SSSR count). The van der Waals surface area contributed by atoms with Crippen LogP contribution in [-0.2, 0) is 9.31 Å². The lowest BCUT2D eigenvalue weighted by molar-refractivity contribution is 0.00578. The first-order valence-corrected chi connectivity index (χ1v) is 6.41. The van der Waals surface area contributed by atoms with Crippen LogP contribution in [0.1, 0.15) is 38.1 Å². The molecule has 0 unspecified atom stereocenters. The van der Waals surface area contributed by atoms with Crippen LogP contribution >= 0.6 is 0 Å². The Hall–Kier alpha value is -1.47. The molecular weight excluding hydrogens is 262 g/mol. The molecule has 0 saturated carbocycles. The largest absolute Gasteiger partial charge is 0.514 e. The zero-order valence-corrected chi connectivity index (χ0v) is 12.3. The first kappa shape index (κ1) is 14.9. The molecule has 20 heavy (non-hydrogen) atoms. The molecular formula is C13H18BFN2O3. The molecule has 1 aromatic heterocycles. The normalized spacial score (nSPS) is 20.0. The number of aromatic nitrogens is 1. The van der Waals surface area contributed by atoms with Crippen LogP contribution in [0.5, 0.6) is 0 Å². The van der Waals surface area contributed by atoms with E-state index in [4.69, 9.17) is 9.31 Å². The lowest BCUT2D eigenvalue weighted by atomic mass is 9.83. The third-order valence-corrected chi connectivity index (χ3v) is 3.84. The van der Waals surface area contributed by atoms with Crippen LogP contribution in [0.15, 0.2) is 12.3 Å². The summed E-state index contributed by atoms with van der Waals surface area (Å²) in [5, 5.41) is 2.38. The number of halogens is 1. The zero-order valence-electron chi connectivity index (χ0n) is 12.3. The minimum Gasteiger partial charge on any atom is -0.398 e. The van der Waals surface area contributed by atoms with E-state index < -0.39 is 30.0 Å². The van der Waals surface area contributed by atoms with Crippen LogP contribution in [0.2, 0.25) is 0 Å². The Bertz CT molecular complexity index is 532. The molecule has 1 aliphatic heterocycles. The third kappa shape index (κ3) is 2.43. The molecule has 2 heterocycles. The fourth-order valence-corrected chi connectivity index (χ4v) is 1.86. The van der Waals surface area contributed by atoms with Gasteiger partial charge in [0, 0.05) is 7.05 Å². The maximum atomic E-state index is 13.6. The van der Waals surface area contributed by atoms with Gasteiger partial charge in [0.1, 0.15) is 0 Å². The van der Waals surface area contributed by atoms with E-state index in [1.807, 2.05) is 27.7 Å². The zero-order chi connectivity index (χ0) is 15.1. The molecule has 0 bridgehead atoms. The van der Waals surface area contributed by atoms with Gasteiger partial charge in [-0.25, -0.2) is 4.39 Å². The van der Waals surface area contributed by atoms with Crippen LogP contribution in [0.25, 0.3) is 0 Å². The van der Waals surface area contributed by atoms with Gasteiger partial charge in [0.2, 0.25) is 0 Å². The fraction of sp³-hybridized carbons (Fsp3) is 0.538. The Kier molecular flexibility index (Phi) is 3.60. The van der Waals surface area contributed by atoms with Gasteiger partial charge in [-0.15, -0.1) is 0 Å². The van der Waals surface area contributed by atoms with Crippen molar-refractivity contribution in [1.82, 2.24) is 10.3 Å². The molecule has 1 aromatic rings. The summed E-state index contributed by atoms with van der Waals surface area (Å²) >= 11 is 0. The van der Waals surface area contributed by atoms with E-state index in [1.165, 1.54) is 13.1 Å². The van der Waals surface area contributed by atoms with Crippen LogP contribution in [0.4, 0.5) is 4.39 Å². The summed E-state index contributed by atoms with van der Waals surface area (Å²) in [5.41, 5.74) is -0.724. The minimum absolute atomic E-state index is 0.0767. The van der Waals surface area contributed by atoms with Gasteiger partial charge in [0.25, 0.3) is 5.91 Å². The second kappa shape index (κ2) is 4.82. The smallest absolute Gasteiger partial charge is 0.398 e. The van der Waals surface area contributed by atoms with E-state index in [2.05, 4.69) is 10.3 Å². The Morgan fingerprint density at radius 1 is 1.30 bits per heavy atom. The summed E-state index contributed by atoms with van der Waals surface area (Å²) in [6.45, 7) is 7.65. The van der Waals surface area contributed by atoms with Gasteiger partial charge >= 0.3 is 7.12 Å². The second-order valence-corrected chi connectivity index (χ2v) is 5.76. The molecule has 0 aliphatic carbocycles. The van der Waals surface area contributed by atoms with Crippen LogP contribution < -0.4 is 10.9 Å². The maximum Gasteiger partial charge on any atom is 0.514 e. The molecule has 0 atom stereocenters. The predicted molar refractivity (Wildman–Crippen MR) is 73.3 cm³/mol. The van der Waals surface area contributed by atoms with E-state index >= 15 is 0 Å². The molecule has 0 radical (unpaired) electrons. The van der Waals surface area contributed by atoms with Gasteiger partial charge in [-0.3, -0.25) is 9.78 Å². The van der Waals surface area contributed by atoms with Crippen molar-refractivity contribution in [1.29, 1.82) is 0 Å². The van der Waals surface area contributed by atoms with Gasteiger partial charge in [-0.1, -0.05) is 0 Å². The number of nitrogens with zero attached hydrogens (tertiary/aromatic N) is 1. The van der Waals surface area contributed by atoms with Crippen molar-refractivity contribution in [2.45, 2.75) is 38.9 Å². The van der Waals surface area contributed by atoms with Crippen molar-refractivity contribution >= 4 is 18.6 Å². The molecule has 1 amide bonds. The SMILES string of the molecule is CNC(=O)c1cc(B2OC(C)(C)C(C)(C)O2)ncc1F. The number of nitrogens with one attached hydrogen (secondary N) is 1. The lowest BCUT2D eigenvalue weighted by Gasteiger charge is -2.32. The highest BCUT2D eigenvalue weighted by Gasteiger charge is 2.52. The monoisotopic (exact) mass is 280 g/mol. The number of hydrogen-bond acceptors (Lipinski definition) is 4. The molecule has 108 valence electrons. The number of carbonyl (C=O) groups is 1. The first-order valence-electron chi connectivity index (χ1n) is 6.41. The molecule has 5 nitrogen and oxygen atoms in total. The molecule has 1 N–H and O–H groups in total. The predicted octanol–water partition coefficient (Wildman–Crippen LogP) is 0.879. The number of hydrogen-bond donors (Lipinski definition) is 1. The molecule has 1 fully saturated rings. The van der Waals surface area contributed by atoms with Crippen molar-refractivity contribution in [3.05, 3.63) is 23.6 Å². The van der Waals surface area contributed by atoms with E-state index in [-0.39, 0.29) is 5.56 Å². The van der Waals surface area contributed by atoms with Crippen LogP contribution in [-0.4, -0.2) is 36.3 Å². The van der Waals surface area contributed by atoms with Gasteiger partial charge < -0.3 is 14.6 Å². The Labute approximate surface area is 118 Å². The molecule has 7 heteroatoms. The molecule has 0 spiro atoms. The quantitative estimate of drug-likeness (QED) is 0.817. The van der Waals surface area contributed by atoms with E-state index in [0.29, 0.717) is 5.59 Å². The number of carbonyl (C=O) groups excluding carboxylic acids is 1. The summed E-state index contributed by atoms with van der Waals surface area (Å²) in [6, 6.07) is 1.36. The summed E-state index contributed by atoms with van der Waals surface area (Å²) in [4.78, 5) is 15.6. The molecule has 0 aromatic carbocycles. The number of pyridine rings is 1. The van der Waals surface area contributed by atoms with Crippen LogP contribution in [0, 0.1) is 5.82 Å². The Morgan fingerprint density at radius 2 is 1.85 bits per heavy atom. The van der Waals surface area contributed by atoms with Gasteiger partial charge in [0.05, 0.1) is 28.6 Å². The summed E-state index contributed by atoms with van der Waals surface area (Å²) in [7, 11) is 0.723. The Morgan fingerprint density at radius 3 is 2.35 bits per heavy atom. The van der Waals surface area contributed by atoms with Crippen molar-refractivity contribution in [3.63, 3.8) is 0 Å². The number of rotatable bonds is 2. The minimum atomic E-state index is -0.719. The topological polar surface area (TPSA) is 60.5 Å². The summed E-state index contributed by atoms with van der Waals surface area (Å²) in [5.74, 6) is -1.19. The highest BCUT2D eigenvalue weighted by molar-refractivity contribution is 6.61. The first-order chi connectivity index (χ1) is 9.18. The van der Waals surface area contributed by atoms with Gasteiger partial charge in [-0.2, -0.15) is 0 Å². The standard InChI is InChI=1S/C13H18BFN2O3/c1-12(2)13(3,4)20-14(19-12)10-6-8(11(18)16-5)9(15)7-17-10/h6-7H,1-5H3,(H,16,18). The average molecular weight is 280 g/mol. The highest BCUT2D eigenvalue weighted by Crippen LogP contribution is 2.36. The summed E-state index contributed by atoms with van der Waals surface area (Å²) in [6.07, 6.45) is 1.00. The molecule has 1 aliphatic rings. The Balaban J connectivity index is 2.34. The molecule has 1 saturated heterocycles. The van der Waals surface area contributed by atoms with Crippen molar-refractivity contribution < 1.29 is 18.5 Å². The highest BCUT2D eigenvalue weighted by atomic mass is 19.1. The van der Waals surface area contributed by atoms with Crippen molar-refractivity contribution in [2.24, 2.45) is 0 Å². The lowest BCUT2D eigenvalue weighted by Crippen LogP contribution is -2.41. The summed E-state index contributed by atoms with van der Waals surface area (Å²) < 4.78 is 25.2. The van der Waals surface area contributed by atoms with Crippen molar-refractivity contribution in [2.75, 3.05) is 7.05 Å². The van der Waals surface area contributed by atoms with Crippen LogP contribution in [0.3, 0.4) is 0 Å². The maximum absolute atomic E-state index is 13.6. The second-order valence-electron chi connectivity index (χ2n) is 5.76.